The van der Waals surface area contributed by atoms with Crippen molar-refractivity contribution in [1.82, 2.24) is 9.97 Å². The standard InChI is InChI=1S/C12H10IN3O2S/c13-8-2-1-3-9(6-8)15-11(18)7-19-12-14-5-4-10(17)16-12/h1-6H,7H2,(H,15,18)(H,14,16,17). The molecule has 2 rings (SSSR count). The average Bonchev–Trinajstić information content (AvgIpc) is 2.36. The molecular formula is C12H10IN3O2S. The molecule has 0 bridgehead atoms. The Morgan fingerprint density at radius 3 is 3.00 bits per heavy atom. The normalized spacial score (nSPS) is 10.2. The van der Waals surface area contributed by atoms with Gasteiger partial charge in [0, 0.05) is 21.5 Å². The molecule has 1 aromatic carbocycles. The van der Waals surface area contributed by atoms with E-state index in [2.05, 4.69) is 37.9 Å². The Kier molecular flexibility index (Phi) is 4.97. The summed E-state index contributed by atoms with van der Waals surface area (Å²) in [5.41, 5.74) is 0.530. The lowest BCUT2D eigenvalue weighted by Gasteiger charge is -2.05. The van der Waals surface area contributed by atoms with Crippen LogP contribution in [0.3, 0.4) is 0 Å². The molecule has 0 radical (unpaired) electrons. The van der Waals surface area contributed by atoms with Gasteiger partial charge in [-0.3, -0.25) is 9.59 Å². The third-order valence-corrected chi connectivity index (χ3v) is 3.65. The highest BCUT2D eigenvalue weighted by atomic mass is 127. The molecule has 0 aliphatic carbocycles. The van der Waals surface area contributed by atoms with Crippen molar-refractivity contribution in [2.24, 2.45) is 0 Å². The maximum Gasteiger partial charge on any atom is 0.251 e. The number of carbonyl (C=O) groups excluding carboxylic acids is 1. The number of benzene rings is 1. The smallest absolute Gasteiger partial charge is 0.251 e. The minimum atomic E-state index is -0.226. The van der Waals surface area contributed by atoms with Crippen molar-refractivity contribution in [3.63, 3.8) is 0 Å². The van der Waals surface area contributed by atoms with Gasteiger partial charge in [-0.15, -0.1) is 0 Å². The Hall–Kier alpha value is -1.35. The maximum absolute atomic E-state index is 11.7. The van der Waals surface area contributed by atoms with Crippen molar-refractivity contribution >= 4 is 45.9 Å². The molecule has 2 N–H and O–H groups in total. The van der Waals surface area contributed by atoms with E-state index >= 15 is 0 Å². The number of halogens is 1. The summed E-state index contributed by atoms with van der Waals surface area (Å²) in [4.78, 5) is 29.3. The van der Waals surface area contributed by atoms with Gasteiger partial charge in [-0.05, 0) is 40.8 Å². The zero-order valence-corrected chi connectivity index (χ0v) is 12.7. The van der Waals surface area contributed by atoms with Crippen molar-refractivity contribution in [2.75, 3.05) is 11.1 Å². The highest BCUT2D eigenvalue weighted by molar-refractivity contribution is 14.1. The lowest BCUT2D eigenvalue weighted by atomic mass is 10.3. The molecule has 0 aliphatic rings. The molecule has 0 spiro atoms. The third kappa shape index (κ3) is 4.67. The van der Waals surface area contributed by atoms with Gasteiger partial charge in [0.1, 0.15) is 0 Å². The molecule has 5 nitrogen and oxygen atoms in total. The van der Waals surface area contributed by atoms with Crippen molar-refractivity contribution in [1.29, 1.82) is 0 Å². The lowest BCUT2D eigenvalue weighted by molar-refractivity contribution is -0.113. The van der Waals surface area contributed by atoms with Gasteiger partial charge >= 0.3 is 0 Å². The van der Waals surface area contributed by atoms with Gasteiger partial charge in [0.25, 0.3) is 5.56 Å². The quantitative estimate of drug-likeness (QED) is 0.479. The number of carbonyl (C=O) groups is 1. The van der Waals surface area contributed by atoms with E-state index in [1.807, 2.05) is 24.3 Å². The third-order valence-electron chi connectivity index (χ3n) is 2.10. The number of nitrogens with zero attached hydrogens (tertiary/aromatic N) is 1. The number of hydrogen-bond donors (Lipinski definition) is 2. The van der Waals surface area contributed by atoms with Crippen molar-refractivity contribution in [3.05, 3.63) is 50.5 Å². The molecule has 19 heavy (non-hydrogen) atoms. The number of anilines is 1. The van der Waals surface area contributed by atoms with Crippen LogP contribution in [0.15, 0.2) is 46.5 Å². The van der Waals surface area contributed by atoms with Gasteiger partial charge in [-0.1, -0.05) is 17.8 Å². The van der Waals surface area contributed by atoms with Crippen LogP contribution in [0.25, 0.3) is 0 Å². The number of H-pyrrole nitrogens is 1. The Morgan fingerprint density at radius 2 is 2.26 bits per heavy atom. The van der Waals surface area contributed by atoms with Gasteiger partial charge < -0.3 is 10.3 Å². The SMILES string of the molecule is O=C(CSc1nccc(=O)[nH]1)Nc1cccc(I)c1. The summed E-state index contributed by atoms with van der Waals surface area (Å²) in [5.74, 6) is 0.0526. The molecular weight excluding hydrogens is 377 g/mol. The number of hydrogen-bond acceptors (Lipinski definition) is 4. The van der Waals surface area contributed by atoms with E-state index in [4.69, 9.17) is 0 Å². The topological polar surface area (TPSA) is 74.8 Å². The molecule has 7 heteroatoms. The molecule has 98 valence electrons. The van der Waals surface area contributed by atoms with E-state index in [9.17, 15) is 9.59 Å². The Bertz CT molecular complexity index is 645. The van der Waals surface area contributed by atoms with Gasteiger partial charge in [0.2, 0.25) is 5.91 Å². The first-order valence-electron chi connectivity index (χ1n) is 5.37. The van der Waals surface area contributed by atoms with Crippen molar-refractivity contribution in [2.45, 2.75) is 5.16 Å². The summed E-state index contributed by atoms with van der Waals surface area (Å²) in [6.07, 6.45) is 1.42. The van der Waals surface area contributed by atoms with Gasteiger partial charge in [0.05, 0.1) is 5.75 Å². The Balaban J connectivity index is 1.90. The number of amides is 1. The zero-order chi connectivity index (χ0) is 13.7. The number of thioether (sulfide) groups is 1. The van der Waals surface area contributed by atoms with Crippen LogP contribution < -0.4 is 10.9 Å². The Labute approximate surface area is 127 Å². The second kappa shape index (κ2) is 6.71. The van der Waals surface area contributed by atoms with Crippen LogP contribution in [-0.2, 0) is 4.79 Å². The summed E-state index contributed by atoms with van der Waals surface area (Å²) in [6, 6.07) is 8.86. The number of nitrogens with one attached hydrogen (secondary N) is 2. The average molecular weight is 387 g/mol. The minimum Gasteiger partial charge on any atom is -0.325 e. The van der Waals surface area contributed by atoms with Crippen LogP contribution in [0, 0.1) is 3.57 Å². The monoisotopic (exact) mass is 387 g/mol. The van der Waals surface area contributed by atoms with Crippen LogP contribution in [-0.4, -0.2) is 21.6 Å². The molecule has 1 amide bonds. The molecule has 0 aliphatic heterocycles. The predicted molar refractivity (Wildman–Crippen MR) is 83.4 cm³/mol. The van der Waals surface area contributed by atoms with E-state index in [-0.39, 0.29) is 17.2 Å². The van der Waals surface area contributed by atoms with E-state index in [0.717, 1.165) is 9.26 Å². The summed E-state index contributed by atoms with van der Waals surface area (Å²) < 4.78 is 1.05. The van der Waals surface area contributed by atoms with E-state index in [1.54, 1.807) is 0 Å². The maximum atomic E-state index is 11.7. The first kappa shape index (κ1) is 14.1. The van der Waals surface area contributed by atoms with Crippen LogP contribution >= 0.6 is 34.4 Å². The number of rotatable bonds is 4. The predicted octanol–water partition coefficient (Wildman–Crippen LogP) is 2.11. The molecule has 1 aromatic heterocycles. The largest absolute Gasteiger partial charge is 0.325 e. The fourth-order valence-electron chi connectivity index (χ4n) is 1.32. The van der Waals surface area contributed by atoms with Crippen LogP contribution in [0.2, 0.25) is 0 Å². The van der Waals surface area contributed by atoms with E-state index in [1.165, 1.54) is 24.0 Å². The molecule has 0 saturated carbocycles. The minimum absolute atomic E-state index is 0.140. The molecule has 2 aromatic rings. The van der Waals surface area contributed by atoms with Crippen LogP contribution in [0.5, 0.6) is 0 Å². The fourth-order valence-corrected chi connectivity index (χ4v) is 2.51. The molecule has 0 saturated heterocycles. The van der Waals surface area contributed by atoms with E-state index in [0.29, 0.717) is 5.16 Å². The second-order valence-corrected chi connectivity index (χ2v) is 5.80. The van der Waals surface area contributed by atoms with Gasteiger partial charge in [0.15, 0.2) is 5.16 Å². The molecule has 0 atom stereocenters. The lowest BCUT2D eigenvalue weighted by Crippen LogP contribution is -2.15. The van der Waals surface area contributed by atoms with Crippen molar-refractivity contribution in [3.8, 4) is 0 Å². The first-order valence-corrected chi connectivity index (χ1v) is 7.43. The van der Waals surface area contributed by atoms with E-state index < -0.39 is 0 Å². The number of aromatic nitrogens is 2. The summed E-state index contributed by atoms with van der Waals surface area (Å²) in [7, 11) is 0. The fraction of sp³-hybridized carbons (Fsp3) is 0.0833. The van der Waals surface area contributed by atoms with Crippen molar-refractivity contribution < 1.29 is 4.79 Å². The zero-order valence-electron chi connectivity index (χ0n) is 9.72. The molecule has 1 heterocycles. The summed E-state index contributed by atoms with van der Waals surface area (Å²) in [5, 5.41) is 3.22. The first-order chi connectivity index (χ1) is 9.13. The summed E-state index contributed by atoms with van der Waals surface area (Å²) >= 11 is 3.37. The van der Waals surface area contributed by atoms with Gasteiger partial charge in [-0.2, -0.15) is 0 Å². The number of aromatic amines is 1. The Morgan fingerprint density at radius 1 is 1.42 bits per heavy atom. The van der Waals surface area contributed by atoms with Crippen LogP contribution in [0.1, 0.15) is 0 Å². The van der Waals surface area contributed by atoms with Gasteiger partial charge in [-0.25, -0.2) is 4.98 Å². The molecule has 0 unspecified atom stereocenters. The highest BCUT2D eigenvalue weighted by Crippen LogP contribution is 2.14. The van der Waals surface area contributed by atoms with Crippen LogP contribution in [0.4, 0.5) is 5.69 Å². The highest BCUT2D eigenvalue weighted by Gasteiger charge is 2.05. The second-order valence-electron chi connectivity index (χ2n) is 3.59. The summed E-state index contributed by atoms with van der Waals surface area (Å²) in [6.45, 7) is 0. The molecule has 0 fully saturated rings.